The highest BCUT2D eigenvalue weighted by molar-refractivity contribution is 8.00. The summed E-state index contributed by atoms with van der Waals surface area (Å²) in [5, 5.41) is 2.85. The summed E-state index contributed by atoms with van der Waals surface area (Å²) in [6.45, 7) is 2.47. The van der Waals surface area contributed by atoms with E-state index < -0.39 is 5.91 Å². The molecule has 3 N–H and O–H groups in total. The van der Waals surface area contributed by atoms with Crippen molar-refractivity contribution in [3.05, 3.63) is 65.2 Å². The van der Waals surface area contributed by atoms with Crippen molar-refractivity contribution in [2.24, 2.45) is 5.73 Å². The minimum absolute atomic E-state index is 0.0276. The highest BCUT2D eigenvalue weighted by atomic mass is 32.2. The smallest absolute Gasteiger partial charge is 0.248 e. The maximum atomic E-state index is 12.7. The summed E-state index contributed by atoms with van der Waals surface area (Å²) in [4.78, 5) is 37.8. The van der Waals surface area contributed by atoms with Gasteiger partial charge in [0.1, 0.15) is 0 Å². The number of rotatable bonds is 9. The summed E-state index contributed by atoms with van der Waals surface area (Å²) in [6, 6.07) is 14.9. The SMILES string of the molecule is Cc1cccc(NC(=O)CSCC(=O)N(Cc2ccc(C(N)=O)cc2)C2CC2)c1. The van der Waals surface area contributed by atoms with Gasteiger partial charge >= 0.3 is 0 Å². The molecule has 1 saturated carbocycles. The van der Waals surface area contributed by atoms with Gasteiger partial charge in [-0.3, -0.25) is 14.4 Å². The molecule has 0 aliphatic heterocycles. The number of hydrogen-bond acceptors (Lipinski definition) is 4. The lowest BCUT2D eigenvalue weighted by Crippen LogP contribution is -2.34. The first-order valence-corrected chi connectivity index (χ1v) is 10.7. The second-order valence-electron chi connectivity index (χ2n) is 7.22. The van der Waals surface area contributed by atoms with Gasteiger partial charge in [0.2, 0.25) is 17.7 Å². The normalized spacial score (nSPS) is 13.0. The number of nitrogens with zero attached hydrogens (tertiary/aromatic N) is 1. The number of hydrogen-bond donors (Lipinski definition) is 2. The van der Waals surface area contributed by atoms with Gasteiger partial charge in [-0.15, -0.1) is 11.8 Å². The van der Waals surface area contributed by atoms with E-state index in [1.54, 1.807) is 12.1 Å². The van der Waals surface area contributed by atoms with E-state index in [0.717, 1.165) is 29.7 Å². The molecule has 3 amide bonds. The molecule has 0 saturated heterocycles. The molecule has 152 valence electrons. The molecule has 2 aromatic rings. The van der Waals surface area contributed by atoms with E-state index in [4.69, 9.17) is 5.73 Å². The molecule has 0 unspecified atom stereocenters. The Labute approximate surface area is 174 Å². The van der Waals surface area contributed by atoms with Gasteiger partial charge in [-0.05, 0) is 55.2 Å². The van der Waals surface area contributed by atoms with E-state index in [-0.39, 0.29) is 29.4 Å². The lowest BCUT2D eigenvalue weighted by Gasteiger charge is -2.22. The van der Waals surface area contributed by atoms with Crippen molar-refractivity contribution < 1.29 is 14.4 Å². The van der Waals surface area contributed by atoms with Crippen LogP contribution in [0.25, 0.3) is 0 Å². The zero-order valence-electron chi connectivity index (χ0n) is 16.4. The topological polar surface area (TPSA) is 92.5 Å². The fourth-order valence-corrected chi connectivity index (χ4v) is 3.71. The zero-order chi connectivity index (χ0) is 20.8. The molecule has 0 atom stereocenters. The molecule has 6 nitrogen and oxygen atoms in total. The average molecular weight is 412 g/mol. The van der Waals surface area contributed by atoms with Crippen molar-refractivity contribution in [3.63, 3.8) is 0 Å². The van der Waals surface area contributed by atoms with Gasteiger partial charge in [-0.25, -0.2) is 0 Å². The molecule has 0 heterocycles. The molecule has 0 aromatic heterocycles. The first kappa shape index (κ1) is 20.9. The molecule has 2 aromatic carbocycles. The fourth-order valence-electron chi connectivity index (χ4n) is 3.01. The molecule has 1 fully saturated rings. The number of thioether (sulfide) groups is 1. The Hall–Kier alpha value is -2.80. The molecular formula is C22H25N3O3S. The highest BCUT2D eigenvalue weighted by Crippen LogP contribution is 2.29. The predicted molar refractivity (Wildman–Crippen MR) is 116 cm³/mol. The number of nitrogens with two attached hydrogens (primary N) is 1. The van der Waals surface area contributed by atoms with Gasteiger partial charge in [0.05, 0.1) is 11.5 Å². The van der Waals surface area contributed by atoms with Gasteiger partial charge in [0, 0.05) is 23.8 Å². The third-order valence-electron chi connectivity index (χ3n) is 4.66. The summed E-state index contributed by atoms with van der Waals surface area (Å²) >= 11 is 1.32. The first-order chi connectivity index (χ1) is 13.9. The van der Waals surface area contributed by atoms with Gasteiger partial charge < -0.3 is 16.0 Å². The largest absolute Gasteiger partial charge is 0.366 e. The summed E-state index contributed by atoms with van der Waals surface area (Å²) in [5.74, 6) is -0.0666. The van der Waals surface area contributed by atoms with Crippen LogP contribution in [0, 0.1) is 6.92 Å². The van der Waals surface area contributed by atoms with E-state index in [1.807, 2.05) is 48.2 Å². The van der Waals surface area contributed by atoms with Gasteiger partial charge in [-0.1, -0.05) is 24.3 Å². The number of carbonyl (C=O) groups excluding carboxylic acids is 3. The number of amides is 3. The quantitative estimate of drug-likeness (QED) is 0.664. The Morgan fingerprint density at radius 2 is 1.83 bits per heavy atom. The Morgan fingerprint density at radius 1 is 1.10 bits per heavy atom. The summed E-state index contributed by atoms with van der Waals surface area (Å²) in [6.07, 6.45) is 2.01. The van der Waals surface area contributed by atoms with Crippen molar-refractivity contribution in [1.29, 1.82) is 0 Å². The minimum Gasteiger partial charge on any atom is -0.366 e. The standard InChI is InChI=1S/C22H25N3O3S/c1-15-3-2-4-18(11-15)24-20(26)13-29-14-21(27)25(19-9-10-19)12-16-5-7-17(8-6-16)22(23)28/h2-8,11,19H,9-10,12-14H2,1H3,(H2,23,28)(H,24,26). The second kappa shape index (κ2) is 9.60. The number of aryl methyl sites for hydroxylation is 1. The maximum Gasteiger partial charge on any atom is 0.248 e. The Balaban J connectivity index is 1.48. The fraction of sp³-hybridized carbons (Fsp3) is 0.318. The molecule has 3 rings (SSSR count). The summed E-state index contributed by atoms with van der Waals surface area (Å²) < 4.78 is 0. The van der Waals surface area contributed by atoms with Crippen LogP contribution in [0.4, 0.5) is 5.69 Å². The van der Waals surface area contributed by atoms with Crippen LogP contribution < -0.4 is 11.1 Å². The van der Waals surface area contributed by atoms with Crippen LogP contribution >= 0.6 is 11.8 Å². The number of nitrogens with one attached hydrogen (secondary N) is 1. The lowest BCUT2D eigenvalue weighted by molar-refractivity contribution is -0.129. The van der Waals surface area contributed by atoms with Crippen molar-refractivity contribution in [3.8, 4) is 0 Å². The predicted octanol–water partition coefficient (Wildman–Crippen LogP) is 2.96. The van der Waals surface area contributed by atoms with E-state index >= 15 is 0 Å². The number of benzene rings is 2. The van der Waals surface area contributed by atoms with Crippen LogP contribution in [0.2, 0.25) is 0 Å². The molecule has 1 aliphatic carbocycles. The van der Waals surface area contributed by atoms with Crippen molar-refractivity contribution in [2.75, 3.05) is 16.8 Å². The van der Waals surface area contributed by atoms with Gasteiger partial charge in [-0.2, -0.15) is 0 Å². The number of primary amides is 1. The van der Waals surface area contributed by atoms with Crippen LogP contribution in [0.5, 0.6) is 0 Å². The highest BCUT2D eigenvalue weighted by Gasteiger charge is 2.32. The van der Waals surface area contributed by atoms with E-state index in [9.17, 15) is 14.4 Å². The van der Waals surface area contributed by atoms with E-state index in [1.165, 1.54) is 11.8 Å². The molecular weight excluding hydrogens is 386 g/mol. The van der Waals surface area contributed by atoms with Crippen LogP contribution in [-0.4, -0.2) is 40.2 Å². The van der Waals surface area contributed by atoms with E-state index in [0.29, 0.717) is 12.1 Å². The second-order valence-corrected chi connectivity index (χ2v) is 8.21. The summed E-state index contributed by atoms with van der Waals surface area (Å²) in [5.41, 5.74) is 8.52. The van der Waals surface area contributed by atoms with Crippen LogP contribution in [0.3, 0.4) is 0 Å². The molecule has 29 heavy (non-hydrogen) atoms. The van der Waals surface area contributed by atoms with Crippen LogP contribution in [-0.2, 0) is 16.1 Å². The molecule has 1 aliphatic rings. The minimum atomic E-state index is -0.466. The third kappa shape index (κ3) is 6.35. The molecule has 7 heteroatoms. The Kier molecular flexibility index (Phi) is 6.93. The van der Waals surface area contributed by atoms with Crippen LogP contribution in [0.1, 0.15) is 34.3 Å². The monoisotopic (exact) mass is 411 g/mol. The molecule has 0 spiro atoms. The van der Waals surface area contributed by atoms with Crippen molar-refractivity contribution >= 4 is 35.2 Å². The van der Waals surface area contributed by atoms with Crippen molar-refractivity contribution in [2.45, 2.75) is 32.4 Å². The maximum absolute atomic E-state index is 12.7. The van der Waals surface area contributed by atoms with E-state index in [2.05, 4.69) is 5.32 Å². The Bertz CT molecular complexity index is 894. The summed E-state index contributed by atoms with van der Waals surface area (Å²) in [7, 11) is 0. The van der Waals surface area contributed by atoms with Gasteiger partial charge in [0.15, 0.2) is 0 Å². The number of anilines is 1. The first-order valence-electron chi connectivity index (χ1n) is 9.55. The van der Waals surface area contributed by atoms with Gasteiger partial charge in [0.25, 0.3) is 0 Å². The average Bonchev–Trinajstić information content (AvgIpc) is 3.51. The zero-order valence-corrected chi connectivity index (χ0v) is 17.2. The molecule has 0 radical (unpaired) electrons. The van der Waals surface area contributed by atoms with Crippen molar-refractivity contribution in [1.82, 2.24) is 4.90 Å². The van der Waals surface area contributed by atoms with Crippen LogP contribution in [0.15, 0.2) is 48.5 Å². The lowest BCUT2D eigenvalue weighted by atomic mass is 10.1. The third-order valence-corrected chi connectivity index (χ3v) is 5.58. The molecule has 0 bridgehead atoms. The Morgan fingerprint density at radius 3 is 2.45 bits per heavy atom. The number of carbonyl (C=O) groups is 3.